The Hall–Kier alpha value is -3.22. The summed E-state index contributed by atoms with van der Waals surface area (Å²) in [6, 6.07) is 13.9. The molecule has 7 heteroatoms. The van der Waals surface area contributed by atoms with E-state index in [1.165, 1.54) is 11.0 Å². The van der Waals surface area contributed by atoms with Gasteiger partial charge in [-0.3, -0.25) is 0 Å². The van der Waals surface area contributed by atoms with Crippen molar-refractivity contribution in [1.82, 2.24) is 20.2 Å². The highest BCUT2D eigenvalue weighted by molar-refractivity contribution is 5.91. The third kappa shape index (κ3) is 3.34. The maximum atomic E-state index is 12.4. The predicted octanol–water partition coefficient (Wildman–Crippen LogP) is 2.28. The lowest BCUT2D eigenvalue weighted by atomic mass is 10.2. The fraction of sp³-hybridized carbons (Fsp3) is 0.125. The molecule has 0 N–H and O–H groups in total. The monoisotopic (exact) mass is 310 g/mol. The Labute approximate surface area is 132 Å². The number of ether oxygens (including phenoxy) is 2. The molecule has 7 nitrogen and oxygen atoms in total. The van der Waals surface area contributed by atoms with Crippen LogP contribution in [0.4, 0.5) is 0 Å². The summed E-state index contributed by atoms with van der Waals surface area (Å²) in [4.78, 5) is 12.4. The first-order chi connectivity index (χ1) is 11.3. The molecule has 0 unspecified atom stereocenters. The summed E-state index contributed by atoms with van der Waals surface area (Å²) in [5.74, 6) is 0.430. The van der Waals surface area contributed by atoms with Crippen LogP contribution < -0.4 is 9.47 Å². The molecule has 23 heavy (non-hydrogen) atoms. The van der Waals surface area contributed by atoms with Gasteiger partial charge in [0.1, 0.15) is 6.33 Å². The van der Waals surface area contributed by atoms with E-state index in [4.69, 9.17) is 9.47 Å². The molecular formula is C16H14N4O3. The normalized spacial score (nSPS) is 10.3. The molecule has 0 spiro atoms. The molecule has 0 radical (unpaired) electrons. The van der Waals surface area contributed by atoms with Crippen molar-refractivity contribution in [3.8, 4) is 17.2 Å². The molecule has 1 aromatic heterocycles. The molecule has 3 aromatic rings. The van der Waals surface area contributed by atoms with Gasteiger partial charge in [-0.05, 0) is 47.7 Å². The van der Waals surface area contributed by atoms with Gasteiger partial charge in [-0.15, -0.1) is 5.10 Å². The third-order valence-electron chi connectivity index (χ3n) is 3.05. The molecule has 0 fully saturated rings. The molecular weight excluding hydrogens is 296 g/mol. The summed E-state index contributed by atoms with van der Waals surface area (Å²) < 4.78 is 12.3. The van der Waals surface area contributed by atoms with Crippen LogP contribution in [0.5, 0.6) is 11.5 Å². The van der Waals surface area contributed by atoms with E-state index in [2.05, 4.69) is 15.5 Å². The zero-order valence-electron chi connectivity index (χ0n) is 12.4. The number of carbonyl (C=O) groups excluding carboxylic acids is 1. The number of esters is 1. The van der Waals surface area contributed by atoms with Crippen LogP contribution in [-0.2, 0) is 0 Å². The second-order valence-corrected chi connectivity index (χ2v) is 4.57. The number of carbonyl (C=O) groups is 1. The molecule has 0 aliphatic heterocycles. The van der Waals surface area contributed by atoms with Crippen LogP contribution in [0, 0.1) is 0 Å². The van der Waals surface area contributed by atoms with Crippen molar-refractivity contribution >= 4 is 5.97 Å². The maximum Gasteiger partial charge on any atom is 0.343 e. The summed E-state index contributed by atoms with van der Waals surface area (Å²) in [5.41, 5.74) is 1.06. The minimum absolute atomic E-state index is 0.382. The molecule has 0 atom stereocenters. The summed E-state index contributed by atoms with van der Waals surface area (Å²) in [5, 5.41) is 10.9. The Balaban J connectivity index is 1.83. The molecule has 0 aliphatic carbocycles. The van der Waals surface area contributed by atoms with Crippen LogP contribution in [0.25, 0.3) is 5.69 Å². The molecule has 3 rings (SSSR count). The number of para-hydroxylation sites is 2. The summed E-state index contributed by atoms with van der Waals surface area (Å²) in [6.45, 7) is 2.36. The Bertz CT molecular complexity index is 803. The van der Waals surface area contributed by atoms with E-state index in [1.807, 2.05) is 13.0 Å². The van der Waals surface area contributed by atoms with Crippen LogP contribution in [-0.4, -0.2) is 32.8 Å². The van der Waals surface area contributed by atoms with Gasteiger partial charge in [0.15, 0.2) is 11.5 Å². The van der Waals surface area contributed by atoms with Crippen molar-refractivity contribution in [1.29, 1.82) is 0 Å². The molecule has 2 aromatic carbocycles. The van der Waals surface area contributed by atoms with Crippen molar-refractivity contribution in [2.24, 2.45) is 0 Å². The third-order valence-corrected chi connectivity index (χ3v) is 3.05. The minimum Gasteiger partial charge on any atom is -0.490 e. The molecule has 116 valence electrons. The zero-order valence-corrected chi connectivity index (χ0v) is 12.4. The first-order valence-corrected chi connectivity index (χ1v) is 7.05. The van der Waals surface area contributed by atoms with Crippen molar-refractivity contribution in [2.75, 3.05) is 6.61 Å². The molecule has 1 heterocycles. The van der Waals surface area contributed by atoms with Gasteiger partial charge in [0.05, 0.1) is 17.9 Å². The summed E-state index contributed by atoms with van der Waals surface area (Å²) >= 11 is 0. The highest BCUT2D eigenvalue weighted by Crippen LogP contribution is 2.27. The smallest absolute Gasteiger partial charge is 0.343 e. The second kappa shape index (κ2) is 6.69. The number of hydrogen-bond acceptors (Lipinski definition) is 6. The number of aromatic nitrogens is 4. The predicted molar refractivity (Wildman–Crippen MR) is 81.7 cm³/mol. The zero-order chi connectivity index (χ0) is 16.1. The van der Waals surface area contributed by atoms with Crippen LogP contribution in [0.2, 0.25) is 0 Å². The second-order valence-electron chi connectivity index (χ2n) is 4.57. The van der Waals surface area contributed by atoms with Crippen molar-refractivity contribution < 1.29 is 14.3 Å². The van der Waals surface area contributed by atoms with E-state index < -0.39 is 5.97 Å². The minimum atomic E-state index is -0.480. The van der Waals surface area contributed by atoms with Gasteiger partial charge in [0, 0.05) is 0 Å². The maximum absolute atomic E-state index is 12.4. The van der Waals surface area contributed by atoms with Gasteiger partial charge in [0.2, 0.25) is 0 Å². The SMILES string of the molecule is CCOc1ccccc1OC(=O)c1cccc(-n2cnnn2)c1. The van der Waals surface area contributed by atoms with E-state index >= 15 is 0 Å². The number of rotatable bonds is 5. The number of hydrogen-bond donors (Lipinski definition) is 0. The quantitative estimate of drug-likeness (QED) is 0.531. The highest BCUT2D eigenvalue weighted by atomic mass is 16.6. The standard InChI is InChI=1S/C16H14N4O3/c1-2-22-14-8-3-4-9-15(14)23-16(21)12-6-5-7-13(10-12)20-11-17-18-19-20/h3-11H,2H2,1H3. The molecule has 0 amide bonds. The van der Waals surface area contributed by atoms with Crippen molar-refractivity contribution in [2.45, 2.75) is 6.92 Å². The molecule has 0 saturated carbocycles. The van der Waals surface area contributed by atoms with Gasteiger partial charge in [-0.25, -0.2) is 9.48 Å². The number of tetrazole rings is 1. The lowest BCUT2D eigenvalue weighted by Gasteiger charge is -2.10. The fourth-order valence-electron chi connectivity index (χ4n) is 2.02. The molecule has 0 aliphatic rings. The average Bonchev–Trinajstić information content (AvgIpc) is 3.11. The van der Waals surface area contributed by atoms with Crippen LogP contribution in [0.1, 0.15) is 17.3 Å². The summed E-state index contributed by atoms with van der Waals surface area (Å²) in [6.07, 6.45) is 1.45. The van der Waals surface area contributed by atoms with Gasteiger partial charge in [-0.1, -0.05) is 18.2 Å². The van der Waals surface area contributed by atoms with E-state index in [-0.39, 0.29) is 0 Å². The molecule has 0 saturated heterocycles. The van der Waals surface area contributed by atoms with E-state index in [1.54, 1.807) is 42.5 Å². The highest BCUT2D eigenvalue weighted by Gasteiger charge is 2.13. The Morgan fingerprint density at radius 2 is 1.96 bits per heavy atom. The first kappa shape index (κ1) is 14.7. The number of benzene rings is 2. The lowest BCUT2D eigenvalue weighted by Crippen LogP contribution is -2.10. The largest absolute Gasteiger partial charge is 0.490 e. The van der Waals surface area contributed by atoms with Gasteiger partial charge < -0.3 is 9.47 Å². The Kier molecular flexibility index (Phi) is 4.28. The molecule has 0 bridgehead atoms. The van der Waals surface area contributed by atoms with Crippen LogP contribution in [0.3, 0.4) is 0 Å². The van der Waals surface area contributed by atoms with Crippen molar-refractivity contribution in [3.63, 3.8) is 0 Å². The number of nitrogens with zero attached hydrogens (tertiary/aromatic N) is 4. The average molecular weight is 310 g/mol. The summed E-state index contributed by atoms with van der Waals surface area (Å²) in [7, 11) is 0. The fourth-order valence-corrected chi connectivity index (χ4v) is 2.02. The first-order valence-electron chi connectivity index (χ1n) is 7.05. The van der Waals surface area contributed by atoms with E-state index in [0.717, 1.165) is 0 Å². The Morgan fingerprint density at radius 1 is 1.13 bits per heavy atom. The van der Waals surface area contributed by atoms with Gasteiger partial charge in [-0.2, -0.15) is 0 Å². The lowest BCUT2D eigenvalue weighted by molar-refractivity contribution is 0.0728. The van der Waals surface area contributed by atoms with Gasteiger partial charge in [0.25, 0.3) is 0 Å². The van der Waals surface area contributed by atoms with Crippen LogP contribution >= 0.6 is 0 Å². The van der Waals surface area contributed by atoms with Crippen molar-refractivity contribution in [3.05, 3.63) is 60.4 Å². The van der Waals surface area contributed by atoms with E-state index in [9.17, 15) is 4.79 Å². The van der Waals surface area contributed by atoms with Crippen LogP contribution in [0.15, 0.2) is 54.9 Å². The Morgan fingerprint density at radius 3 is 2.70 bits per heavy atom. The topological polar surface area (TPSA) is 79.1 Å². The van der Waals surface area contributed by atoms with Gasteiger partial charge >= 0.3 is 5.97 Å². The van der Waals surface area contributed by atoms with E-state index in [0.29, 0.717) is 29.4 Å².